The first kappa shape index (κ1) is 14.0. The van der Waals surface area contributed by atoms with Crippen LogP contribution < -0.4 is 0 Å². The maximum atomic E-state index is 10.7. The van der Waals surface area contributed by atoms with E-state index in [1.165, 1.54) is 17.8 Å². The maximum absolute atomic E-state index is 10.7. The van der Waals surface area contributed by atoms with Gasteiger partial charge in [-0.05, 0) is 38.5 Å². The predicted octanol–water partition coefficient (Wildman–Crippen LogP) is 3.61. The standard InChI is InChI=1S/C15H17N3O2/c1-10-7-14(18(19)20)5-6-15(10)16-9-13-8-11(2)17(4)12(13)3/h5-9H,1-4H3. The van der Waals surface area contributed by atoms with E-state index in [2.05, 4.69) is 15.6 Å². The van der Waals surface area contributed by atoms with E-state index >= 15 is 0 Å². The van der Waals surface area contributed by atoms with Crippen molar-refractivity contribution in [1.82, 2.24) is 4.57 Å². The van der Waals surface area contributed by atoms with Gasteiger partial charge in [0, 0.05) is 42.3 Å². The van der Waals surface area contributed by atoms with Gasteiger partial charge in [-0.25, -0.2) is 0 Å². The van der Waals surface area contributed by atoms with E-state index in [9.17, 15) is 10.1 Å². The first-order valence-corrected chi connectivity index (χ1v) is 6.32. The number of hydrogen-bond donors (Lipinski definition) is 0. The molecule has 0 aliphatic carbocycles. The van der Waals surface area contributed by atoms with Crippen molar-refractivity contribution in [3.05, 3.63) is 56.9 Å². The van der Waals surface area contributed by atoms with Gasteiger partial charge in [0.05, 0.1) is 10.6 Å². The van der Waals surface area contributed by atoms with Gasteiger partial charge >= 0.3 is 0 Å². The summed E-state index contributed by atoms with van der Waals surface area (Å²) in [5.41, 5.74) is 5.00. The van der Waals surface area contributed by atoms with Gasteiger partial charge in [-0.3, -0.25) is 15.1 Å². The Labute approximate surface area is 117 Å². The van der Waals surface area contributed by atoms with Gasteiger partial charge in [-0.2, -0.15) is 0 Å². The molecule has 0 aliphatic rings. The number of nitro groups is 1. The molecule has 0 amide bonds. The van der Waals surface area contributed by atoms with Crippen LogP contribution in [0.3, 0.4) is 0 Å². The van der Waals surface area contributed by atoms with Gasteiger partial charge in [-0.1, -0.05) is 0 Å². The molecular weight excluding hydrogens is 254 g/mol. The molecule has 2 aromatic rings. The van der Waals surface area contributed by atoms with E-state index in [1.54, 1.807) is 12.3 Å². The van der Waals surface area contributed by atoms with Gasteiger partial charge in [-0.15, -0.1) is 0 Å². The Morgan fingerprint density at radius 3 is 2.45 bits per heavy atom. The summed E-state index contributed by atoms with van der Waals surface area (Å²) >= 11 is 0. The molecule has 0 radical (unpaired) electrons. The van der Waals surface area contributed by atoms with E-state index < -0.39 is 4.92 Å². The molecule has 0 fully saturated rings. The fourth-order valence-corrected chi connectivity index (χ4v) is 2.05. The monoisotopic (exact) mass is 271 g/mol. The first-order chi connectivity index (χ1) is 9.40. The second-order valence-corrected chi connectivity index (χ2v) is 4.87. The van der Waals surface area contributed by atoms with Gasteiger partial charge in [0.2, 0.25) is 0 Å². The summed E-state index contributed by atoms with van der Waals surface area (Å²) in [5, 5.41) is 10.7. The van der Waals surface area contributed by atoms with Crippen molar-refractivity contribution >= 4 is 17.6 Å². The number of hydrogen-bond acceptors (Lipinski definition) is 3. The molecular formula is C15H17N3O2. The molecule has 0 saturated heterocycles. The zero-order chi connectivity index (χ0) is 14.9. The fraction of sp³-hybridized carbons (Fsp3) is 0.267. The minimum absolute atomic E-state index is 0.0909. The summed E-state index contributed by atoms with van der Waals surface area (Å²) in [7, 11) is 2.01. The predicted molar refractivity (Wildman–Crippen MR) is 80.0 cm³/mol. The van der Waals surface area contributed by atoms with Crippen LogP contribution in [-0.2, 0) is 7.05 Å². The second-order valence-electron chi connectivity index (χ2n) is 4.87. The third kappa shape index (κ3) is 2.61. The Hall–Kier alpha value is -2.43. The number of rotatable bonds is 3. The average molecular weight is 271 g/mol. The van der Waals surface area contributed by atoms with Crippen molar-refractivity contribution in [3.63, 3.8) is 0 Å². The van der Waals surface area contributed by atoms with Crippen LogP contribution in [0.25, 0.3) is 0 Å². The lowest BCUT2D eigenvalue weighted by atomic mass is 10.2. The van der Waals surface area contributed by atoms with Crippen LogP contribution in [-0.4, -0.2) is 15.7 Å². The zero-order valence-electron chi connectivity index (χ0n) is 12.0. The third-order valence-electron chi connectivity index (χ3n) is 3.55. The van der Waals surface area contributed by atoms with Crippen molar-refractivity contribution in [2.75, 3.05) is 0 Å². The number of aromatic nitrogens is 1. The number of aliphatic imine (C=N–C) groups is 1. The van der Waals surface area contributed by atoms with E-state index in [0.717, 1.165) is 22.5 Å². The van der Waals surface area contributed by atoms with Crippen LogP contribution in [0.1, 0.15) is 22.5 Å². The lowest BCUT2D eigenvalue weighted by Gasteiger charge is -2.00. The molecule has 0 unspecified atom stereocenters. The maximum Gasteiger partial charge on any atom is 0.269 e. The molecule has 104 valence electrons. The number of nitrogens with zero attached hydrogens (tertiary/aromatic N) is 3. The van der Waals surface area contributed by atoms with Gasteiger partial charge in [0.25, 0.3) is 5.69 Å². The largest absolute Gasteiger partial charge is 0.352 e. The summed E-state index contributed by atoms with van der Waals surface area (Å²) in [4.78, 5) is 14.7. The molecule has 1 heterocycles. The minimum Gasteiger partial charge on any atom is -0.352 e. The Bertz CT molecular complexity index is 699. The SMILES string of the molecule is Cc1cc([N+](=O)[O-])ccc1N=Cc1cc(C)n(C)c1C. The van der Waals surface area contributed by atoms with Gasteiger partial charge < -0.3 is 4.57 Å². The fourth-order valence-electron chi connectivity index (χ4n) is 2.05. The molecule has 0 bridgehead atoms. The van der Waals surface area contributed by atoms with Crippen LogP contribution in [0.15, 0.2) is 29.3 Å². The lowest BCUT2D eigenvalue weighted by molar-refractivity contribution is -0.384. The minimum atomic E-state index is -0.398. The number of benzene rings is 1. The summed E-state index contributed by atoms with van der Waals surface area (Å²) in [6.45, 7) is 5.90. The molecule has 5 nitrogen and oxygen atoms in total. The average Bonchev–Trinajstić information content (AvgIpc) is 2.64. The highest BCUT2D eigenvalue weighted by Gasteiger charge is 2.08. The van der Waals surface area contributed by atoms with Crippen molar-refractivity contribution in [1.29, 1.82) is 0 Å². The van der Waals surface area contributed by atoms with Crippen LogP contribution in [0.2, 0.25) is 0 Å². The normalized spacial score (nSPS) is 11.2. The van der Waals surface area contributed by atoms with Crippen molar-refractivity contribution in [3.8, 4) is 0 Å². The second kappa shape index (κ2) is 5.28. The van der Waals surface area contributed by atoms with Crippen molar-refractivity contribution in [2.24, 2.45) is 12.0 Å². The molecule has 5 heteroatoms. The van der Waals surface area contributed by atoms with Crippen molar-refractivity contribution in [2.45, 2.75) is 20.8 Å². The van der Waals surface area contributed by atoms with E-state index in [0.29, 0.717) is 0 Å². The quantitative estimate of drug-likeness (QED) is 0.486. The molecule has 20 heavy (non-hydrogen) atoms. The molecule has 2 rings (SSSR count). The highest BCUT2D eigenvalue weighted by molar-refractivity contribution is 5.84. The molecule has 0 atom stereocenters. The van der Waals surface area contributed by atoms with Gasteiger partial charge in [0.1, 0.15) is 0 Å². The Kier molecular flexibility index (Phi) is 3.70. The smallest absolute Gasteiger partial charge is 0.269 e. The summed E-state index contributed by atoms with van der Waals surface area (Å²) in [5.74, 6) is 0. The first-order valence-electron chi connectivity index (χ1n) is 6.32. The Balaban J connectivity index is 2.32. The van der Waals surface area contributed by atoms with E-state index in [-0.39, 0.29) is 5.69 Å². The number of non-ortho nitro benzene ring substituents is 1. The summed E-state index contributed by atoms with van der Waals surface area (Å²) in [6.07, 6.45) is 1.80. The van der Waals surface area contributed by atoms with E-state index in [4.69, 9.17) is 0 Å². The number of aryl methyl sites for hydroxylation is 2. The number of nitro benzene ring substituents is 1. The Morgan fingerprint density at radius 2 is 1.95 bits per heavy atom. The van der Waals surface area contributed by atoms with Crippen LogP contribution >= 0.6 is 0 Å². The molecule has 0 aliphatic heterocycles. The van der Waals surface area contributed by atoms with Crippen LogP contribution in [0.4, 0.5) is 11.4 Å². The lowest BCUT2D eigenvalue weighted by Crippen LogP contribution is -1.93. The van der Waals surface area contributed by atoms with Gasteiger partial charge in [0.15, 0.2) is 0 Å². The molecule has 1 aromatic heterocycles. The molecule has 0 saturated carbocycles. The Morgan fingerprint density at radius 1 is 1.25 bits per heavy atom. The highest BCUT2D eigenvalue weighted by Crippen LogP contribution is 2.24. The van der Waals surface area contributed by atoms with Crippen LogP contribution in [0.5, 0.6) is 0 Å². The zero-order valence-corrected chi connectivity index (χ0v) is 12.0. The topological polar surface area (TPSA) is 60.4 Å². The summed E-state index contributed by atoms with van der Waals surface area (Å²) < 4.78 is 2.10. The van der Waals surface area contributed by atoms with Crippen LogP contribution in [0, 0.1) is 30.9 Å². The molecule has 0 spiro atoms. The summed E-state index contributed by atoms with van der Waals surface area (Å²) in [6, 6.07) is 6.76. The molecule has 0 N–H and O–H groups in total. The third-order valence-corrected chi connectivity index (χ3v) is 3.55. The van der Waals surface area contributed by atoms with Crippen molar-refractivity contribution < 1.29 is 4.92 Å². The molecule has 1 aromatic carbocycles. The van der Waals surface area contributed by atoms with E-state index in [1.807, 2.05) is 27.8 Å². The highest BCUT2D eigenvalue weighted by atomic mass is 16.6.